The van der Waals surface area contributed by atoms with Gasteiger partial charge in [-0.2, -0.15) is 0 Å². The summed E-state index contributed by atoms with van der Waals surface area (Å²) >= 11 is 0. The zero-order chi connectivity index (χ0) is 15.0. The summed E-state index contributed by atoms with van der Waals surface area (Å²) in [5, 5.41) is 19.9. The van der Waals surface area contributed by atoms with Crippen molar-refractivity contribution in [1.29, 1.82) is 0 Å². The first-order valence-corrected chi connectivity index (χ1v) is 6.63. The van der Waals surface area contributed by atoms with Crippen LogP contribution in [-0.2, 0) is 9.59 Å². The Labute approximate surface area is 117 Å². The number of allylic oxidation sites excluding steroid dienone is 1. The van der Waals surface area contributed by atoms with Crippen molar-refractivity contribution in [3.8, 4) is 0 Å². The molecule has 0 heterocycles. The van der Waals surface area contributed by atoms with Gasteiger partial charge in [0.15, 0.2) is 0 Å². The number of urea groups is 1. The summed E-state index contributed by atoms with van der Waals surface area (Å²) < 4.78 is 0. The number of amides is 2. The lowest BCUT2D eigenvalue weighted by Crippen LogP contribution is -2.45. The van der Waals surface area contributed by atoms with Gasteiger partial charge in [0.25, 0.3) is 0 Å². The Morgan fingerprint density at radius 1 is 1.15 bits per heavy atom. The van der Waals surface area contributed by atoms with E-state index in [0.717, 1.165) is 30.6 Å². The number of hydrogen-bond acceptors (Lipinski definition) is 3. The van der Waals surface area contributed by atoms with Crippen molar-refractivity contribution in [1.82, 2.24) is 10.2 Å². The average Bonchev–Trinajstić information content (AvgIpc) is 2.38. The van der Waals surface area contributed by atoms with Crippen LogP contribution in [0.1, 0.15) is 32.1 Å². The van der Waals surface area contributed by atoms with Gasteiger partial charge in [-0.05, 0) is 32.1 Å². The van der Waals surface area contributed by atoms with E-state index in [1.165, 1.54) is 12.0 Å². The molecule has 0 unspecified atom stereocenters. The summed E-state index contributed by atoms with van der Waals surface area (Å²) in [4.78, 5) is 33.7. The van der Waals surface area contributed by atoms with Crippen LogP contribution in [0, 0.1) is 0 Å². The molecule has 0 radical (unpaired) electrons. The molecule has 1 rings (SSSR count). The quantitative estimate of drug-likeness (QED) is 0.606. The lowest BCUT2D eigenvalue weighted by Gasteiger charge is -2.19. The Morgan fingerprint density at radius 2 is 1.80 bits per heavy atom. The Morgan fingerprint density at radius 3 is 2.30 bits per heavy atom. The van der Waals surface area contributed by atoms with E-state index in [2.05, 4.69) is 11.4 Å². The predicted octanol–water partition coefficient (Wildman–Crippen LogP) is 1.06. The van der Waals surface area contributed by atoms with E-state index in [0.29, 0.717) is 6.54 Å². The van der Waals surface area contributed by atoms with Crippen LogP contribution in [0.3, 0.4) is 0 Å². The molecule has 0 fully saturated rings. The van der Waals surface area contributed by atoms with Crippen molar-refractivity contribution in [2.75, 3.05) is 19.6 Å². The van der Waals surface area contributed by atoms with Gasteiger partial charge >= 0.3 is 18.0 Å². The smallest absolute Gasteiger partial charge is 0.323 e. The van der Waals surface area contributed by atoms with Crippen LogP contribution < -0.4 is 5.32 Å². The molecule has 2 amide bonds. The Bertz CT molecular complexity index is 390. The molecule has 0 spiro atoms. The first-order chi connectivity index (χ1) is 9.49. The van der Waals surface area contributed by atoms with E-state index in [4.69, 9.17) is 10.2 Å². The average molecular weight is 284 g/mol. The Balaban J connectivity index is 2.38. The van der Waals surface area contributed by atoms with Gasteiger partial charge in [0, 0.05) is 6.54 Å². The van der Waals surface area contributed by atoms with Gasteiger partial charge < -0.3 is 20.4 Å². The van der Waals surface area contributed by atoms with Crippen LogP contribution in [0.15, 0.2) is 11.6 Å². The molecule has 0 bridgehead atoms. The van der Waals surface area contributed by atoms with Crippen LogP contribution in [0.2, 0.25) is 0 Å². The number of carbonyl (C=O) groups is 3. The van der Waals surface area contributed by atoms with E-state index >= 15 is 0 Å². The minimum Gasteiger partial charge on any atom is -0.480 e. The molecule has 0 aromatic heterocycles. The molecule has 7 heteroatoms. The fourth-order valence-corrected chi connectivity index (χ4v) is 2.10. The summed E-state index contributed by atoms with van der Waals surface area (Å²) in [5.74, 6) is -2.48. The summed E-state index contributed by atoms with van der Waals surface area (Å²) in [6, 6.07) is -0.661. The topological polar surface area (TPSA) is 107 Å². The lowest BCUT2D eigenvalue weighted by atomic mass is 9.97. The molecule has 1 aliphatic carbocycles. The Hall–Kier alpha value is -2.05. The van der Waals surface area contributed by atoms with Gasteiger partial charge in [-0.25, -0.2) is 4.79 Å². The van der Waals surface area contributed by atoms with E-state index in [1.54, 1.807) is 0 Å². The molecule has 112 valence electrons. The van der Waals surface area contributed by atoms with E-state index in [9.17, 15) is 14.4 Å². The summed E-state index contributed by atoms with van der Waals surface area (Å²) in [5.41, 5.74) is 1.29. The molecule has 0 aromatic rings. The van der Waals surface area contributed by atoms with Gasteiger partial charge in [-0.1, -0.05) is 11.6 Å². The van der Waals surface area contributed by atoms with Crippen LogP contribution in [0.4, 0.5) is 4.79 Å². The third-order valence-corrected chi connectivity index (χ3v) is 3.05. The number of hydrogen-bond donors (Lipinski definition) is 3. The number of carboxylic acid groups (broad SMARTS) is 2. The zero-order valence-electron chi connectivity index (χ0n) is 11.3. The standard InChI is InChI=1S/C13H20N2O5/c16-11(17)8-15(9-12(18)19)13(20)14-7-6-10-4-2-1-3-5-10/h4H,1-3,5-9H2,(H,14,20)(H,16,17)(H,18,19). The van der Waals surface area contributed by atoms with E-state index in [-0.39, 0.29) is 0 Å². The first-order valence-electron chi connectivity index (χ1n) is 6.63. The van der Waals surface area contributed by atoms with Crippen molar-refractivity contribution in [3.05, 3.63) is 11.6 Å². The van der Waals surface area contributed by atoms with Crippen molar-refractivity contribution in [3.63, 3.8) is 0 Å². The number of carboxylic acids is 2. The number of carbonyl (C=O) groups excluding carboxylic acids is 1. The van der Waals surface area contributed by atoms with Gasteiger partial charge in [-0.3, -0.25) is 9.59 Å². The molecule has 0 aromatic carbocycles. The second kappa shape index (κ2) is 8.19. The molecule has 7 nitrogen and oxygen atoms in total. The van der Waals surface area contributed by atoms with Crippen LogP contribution >= 0.6 is 0 Å². The largest absolute Gasteiger partial charge is 0.480 e. The third-order valence-electron chi connectivity index (χ3n) is 3.05. The van der Waals surface area contributed by atoms with Crippen LogP contribution in [0.5, 0.6) is 0 Å². The van der Waals surface area contributed by atoms with Crippen LogP contribution in [0.25, 0.3) is 0 Å². The second-order valence-corrected chi connectivity index (χ2v) is 4.73. The van der Waals surface area contributed by atoms with Crippen LogP contribution in [-0.4, -0.2) is 52.7 Å². The molecule has 0 saturated carbocycles. The first kappa shape index (κ1) is 16.0. The number of rotatable bonds is 7. The molecule has 20 heavy (non-hydrogen) atoms. The third kappa shape index (κ3) is 6.21. The maximum Gasteiger partial charge on any atom is 0.323 e. The Kier molecular flexibility index (Phi) is 6.55. The summed E-state index contributed by atoms with van der Waals surface area (Å²) in [7, 11) is 0. The highest BCUT2D eigenvalue weighted by Gasteiger charge is 2.19. The van der Waals surface area contributed by atoms with E-state index in [1.807, 2.05) is 0 Å². The molecular formula is C13H20N2O5. The monoisotopic (exact) mass is 284 g/mol. The number of aliphatic carboxylic acids is 2. The van der Waals surface area contributed by atoms with Gasteiger partial charge in [0.05, 0.1) is 0 Å². The van der Waals surface area contributed by atoms with Crippen molar-refractivity contribution in [2.24, 2.45) is 0 Å². The highest BCUT2D eigenvalue weighted by atomic mass is 16.4. The predicted molar refractivity (Wildman–Crippen MR) is 71.4 cm³/mol. The molecule has 0 atom stereocenters. The van der Waals surface area contributed by atoms with E-state index < -0.39 is 31.1 Å². The number of nitrogens with zero attached hydrogens (tertiary/aromatic N) is 1. The minimum atomic E-state index is -1.24. The molecule has 1 aliphatic rings. The summed E-state index contributed by atoms with van der Waals surface area (Å²) in [6.45, 7) is -0.859. The molecule has 0 aliphatic heterocycles. The SMILES string of the molecule is O=C(O)CN(CC(=O)O)C(=O)NCCC1=CCCCC1. The molecule has 3 N–H and O–H groups in total. The van der Waals surface area contributed by atoms with Crippen molar-refractivity contribution in [2.45, 2.75) is 32.1 Å². The fraction of sp³-hybridized carbons (Fsp3) is 0.615. The maximum atomic E-state index is 11.7. The second-order valence-electron chi connectivity index (χ2n) is 4.73. The van der Waals surface area contributed by atoms with Crippen molar-refractivity contribution < 1.29 is 24.6 Å². The zero-order valence-corrected chi connectivity index (χ0v) is 11.3. The van der Waals surface area contributed by atoms with Crippen molar-refractivity contribution >= 4 is 18.0 Å². The minimum absolute atomic E-state index is 0.389. The molecular weight excluding hydrogens is 264 g/mol. The summed E-state index contributed by atoms with van der Waals surface area (Å²) in [6.07, 6.45) is 7.34. The highest BCUT2D eigenvalue weighted by Crippen LogP contribution is 2.19. The molecule has 0 saturated heterocycles. The lowest BCUT2D eigenvalue weighted by molar-refractivity contribution is -0.140. The fourth-order valence-electron chi connectivity index (χ4n) is 2.10. The highest BCUT2D eigenvalue weighted by molar-refractivity contribution is 5.84. The normalized spacial score (nSPS) is 14.3. The van der Waals surface area contributed by atoms with Gasteiger partial charge in [0.1, 0.15) is 13.1 Å². The maximum absolute atomic E-state index is 11.7. The van der Waals surface area contributed by atoms with Gasteiger partial charge in [0.2, 0.25) is 0 Å². The number of nitrogens with one attached hydrogen (secondary N) is 1. The van der Waals surface area contributed by atoms with Gasteiger partial charge in [-0.15, -0.1) is 0 Å².